The van der Waals surface area contributed by atoms with Gasteiger partial charge in [0.2, 0.25) is 10.0 Å². The highest BCUT2D eigenvalue weighted by Crippen LogP contribution is 2.20. The Bertz CT molecular complexity index is 876. The van der Waals surface area contributed by atoms with Crippen LogP contribution in [0.4, 0.5) is 5.69 Å². The molecule has 2 aromatic carbocycles. The molecule has 0 aliphatic carbocycles. The van der Waals surface area contributed by atoms with Crippen molar-refractivity contribution in [3.8, 4) is 5.75 Å². The highest BCUT2D eigenvalue weighted by atomic mass is 32.2. The lowest BCUT2D eigenvalue weighted by Gasteiger charge is -2.12. The fourth-order valence-corrected chi connectivity index (χ4v) is 2.99. The molecule has 0 heterocycles. The van der Waals surface area contributed by atoms with Crippen LogP contribution in [0.3, 0.4) is 0 Å². The molecule has 0 bridgehead atoms. The minimum absolute atomic E-state index is 0.197. The van der Waals surface area contributed by atoms with Crippen LogP contribution >= 0.6 is 0 Å². The molecule has 2 N–H and O–H groups in total. The zero-order chi connectivity index (χ0) is 18.6. The smallest absolute Gasteiger partial charge is 0.221 e. The molecule has 0 saturated carbocycles. The van der Waals surface area contributed by atoms with Gasteiger partial charge in [0.15, 0.2) is 5.78 Å². The van der Waals surface area contributed by atoms with Crippen LogP contribution in [0.15, 0.2) is 42.5 Å². The molecule has 0 fully saturated rings. The molecule has 0 radical (unpaired) electrons. The molecule has 0 aliphatic heterocycles. The molecule has 0 aliphatic rings. The van der Waals surface area contributed by atoms with Crippen molar-refractivity contribution in [1.82, 2.24) is 4.31 Å². The number of carbonyl (C=O) groups excluding carboxylic acids is 1. The Morgan fingerprint density at radius 2 is 1.88 bits per heavy atom. The van der Waals surface area contributed by atoms with Crippen molar-refractivity contribution in [1.29, 1.82) is 0 Å². The van der Waals surface area contributed by atoms with Gasteiger partial charge in [-0.15, -0.1) is 0 Å². The number of phenols is 1. The van der Waals surface area contributed by atoms with Gasteiger partial charge in [0.05, 0.1) is 0 Å². The first-order valence-corrected chi connectivity index (χ1v) is 9.36. The van der Waals surface area contributed by atoms with Crippen molar-refractivity contribution < 1.29 is 18.3 Å². The summed E-state index contributed by atoms with van der Waals surface area (Å²) in [6.07, 6.45) is 0. The average molecular weight is 362 g/mol. The molecule has 2 rings (SSSR count). The maximum Gasteiger partial charge on any atom is 0.221 e. The van der Waals surface area contributed by atoms with Gasteiger partial charge < -0.3 is 10.4 Å². The van der Waals surface area contributed by atoms with Crippen LogP contribution in [0.1, 0.15) is 21.5 Å². The third-order valence-corrected chi connectivity index (χ3v) is 5.51. The molecule has 2 aromatic rings. The van der Waals surface area contributed by atoms with Gasteiger partial charge in [-0.05, 0) is 25.1 Å². The normalized spacial score (nSPS) is 11.5. The van der Waals surface area contributed by atoms with Crippen LogP contribution in [-0.4, -0.2) is 43.5 Å². The van der Waals surface area contributed by atoms with Crippen molar-refractivity contribution in [2.24, 2.45) is 0 Å². The second kappa shape index (κ2) is 7.67. The van der Waals surface area contributed by atoms with Gasteiger partial charge in [0.25, 0.3) is 0 Å². The molecule has 7 heteroatoms. The summed E-state index contributed by atoms with van der Waals surface area (Å²) in [5.74, 6) is -0.833. The number of hydrogen-bond donors (Lipinski definition) is 2. The maximum atomic E-state index is 12.2. The van der Waals surface area contributed by atoms with Crippen molar-refractivity contribution in [3.63, 3.8) is 0 Å². The number of aryl methyl sites for hydroxylation is 1. The van der Waals surface area contributed by atoms with Crippen molar-refractivity contribution in [2.75, 3.05) is 25.2 Å². The number of Topliss-reactive ketones (excluding diaryl/α,β-unsaturated/α-hetero) is 1. The number of anilines is 1. The lowest BCUT2D eigenvalue weighted by Crippen LogP contribution is -2.29. The maximum absolute atomic E-state index is 12.2. The zero-order valence-corrected chi connectivity index (χ0v) is 15.3. The Morgan fingerprint density at radius 3 is 2.56 bits per heavy atom. The number of carbonyl (C=O) groups is 1. The number of hydrogen-bond acceptors (Lipinski definition) is 5. The van der Waals surface area contributed by atoms with E-state index in [9.17, 15) is 18.3 Å². The number of aromatic hydroxyl groups is 1. The minimum Gasteiger partial charge on any atom is -0.508 e. The monoisotopic (exact) mass is 362 g/mol. The summed E-state index contributed by atoms with van der Waals surface area (Å²) in [5.41, 5.74) is 2.78. The van der Waals surface area contributed by atoms with Crippen molar-refractivity contribution in [3.05, 3.63) is 59.2 Å². The van der Waals surface area contributed by atoms with Crippen LogP contribution in [0.25, 0.3) is 0 Å². The lowest BCUT2D eigenvalue weighted by atomic mass is 10.1. The van der Waals surface area contributed by atoms with Crippen LogP contribution in [-0.2, 0) is 16.6 Å². The largest absolute Gasteiger partial charge is 0.508 e. The number of sulfonamides is 1. The summed E-state index contributed by atoms with van der Waals surface area (Å²) in [4.78, 5) is 12.2. The first-order chi connectivity index (χ1) is 11.7. The predicted octanol–water partition coefficient (Wildman–Crippen LogP) is 2.39. The van der Waals surface area contributed by atoms with E-state index in [0.29, 0.717) is 17.8 Å². The van der Waals surface area contributed by atoms with Gasteiger partial charge in [-0.25, -0.2) is 12.7 Å². The highest BCUT2D eigenvalue weighted by Gasteiger charge is 2.20. The van der Waals surface area contributed by atoms with Gasteiger partial charge in [0, 0.05) is 37.5 Å². The highest BCUT2D eigenvalue weighted by molar-refractivity contribution is 7.89. The predicted molar refractivity (Wildman–Crippen MR) is 98.4 cm³/mol. The Balaban J connectivity index is 2.11. The van der Waals surface area contributed by atoms with E-state index in [2.05, 4.69) is 5.32 Å². The topological polar surface area (TPSA) is 86.7 Å². The quantitative estimate of drug-likeness (QED) is 0.739. The molecule has 134 valence electrons. The van der Waals surface area contributed by atoms with Crippen molar-refractivity contribution >= 4 is 21.5 Å². The van der Waals surface area contributed by atoms with E-state index >= 15 is 0 Å². The Hall–Kier alpha value is -2.38. The summed E-state index contributed by atoms with van der Waals surface area (Å²) in [6.45, 7) is 2.33. The number of benzene rings is 2. The molecule has 25 heavy (non-hydrogen) atoms. The molecule has 0 amide bonds. The lowest BCUT2D eigenvalue weighted by molar-refractivity contribution is 0.102. The third kappa shape index (κ3) is 5.04. The number of rotatable bonds is 7. The molecule has 0 atom stereocenters. The van der Waals surface area contributed by atoms with Gasteiger partial charge in [-0.1, -0.05) is 29.8 Å². The van der Waals surface area contributed by atoms with Crippen LogP contribution in [0.5, 0.6) is 5.75 Å². The van der Waals surface area contributed by atoms with Crippen LogP contribution < -0.4 is 5.32 Å². The van der Waals surface area contributed by atoms with E-state index in [4.69, 9.17) is 0 Å². The van der Waals surface area contributed by atoms with Crippen LogP contribution in [0.2, 0.25) is 0 Å². The van der Waals surface area contributed by atoms with Crippen molar-refractivity contribution in [2.45, 2.75) is 13.5 Å². The second-order valence-corrected chi connectivity index (χ2v) is 8.21. The fraction of sp³-hybridized carbons (Fsp3) is 0.278. The zero-order valence-electron chi connectivity index (χ0n) is 14.5. The first-order valence-electron chi connectivity index (χ1n) is 7.75. The summed E-state index contributed by atoms with van der Waals surface area (Å²) >= 11 is 0. The second-order valence-electron chi connectivity index (χ2n) is 6.03. The molecule has 0 aromatic heterocycles. The van der Waals surface area contributed by atoms with E-state index in [1.165, 1.54) is 14.1 Å². The van der Waals surface area contributed by atoms with Gasteiger partial charge in [-0.2, -0.15) is 0 Å². The molecular formula is C18H22N2O4S. The van der Waals surface area contributed by atoms with E-state index in [-0.39, 0.29) is 5.75 Å². The Morgan fingerprint density at radius 1 is 1.16 bits per heavy atom. The first kappa shape index (κ1) is 19.0. The number of nitrogens with zero attached hydrogens (tertiary/aromatic N) is 1. The summed E-state index contributed by atoms with van der Waals surface area (Å²) in [7, 11) is -0.798. The third-order valence-electron chi connectivity index (χ3n) is 3.77. The van der Waals surface area contributed by atoms with E-state index < -0.39 is 21.6 Å². The van der Waals surface area contributed by atoms with E-state index in [0.717, 1.165) is 15.4 Å². The summed E-state index contributed by atoms with van der Waals surface area (Å²) in [6, 6.07) is 12.0. The number of phenolic OH excluding ortho intramolecular Hbond substituents is 1. The number of ketones is 1. The average Bonchev–Trinajstić information content (AvgIpc) is 2.55. The Labute approximate surface area is 148 Å². The SMILES string of the molecule is Cc1ccc(O)c(CNc2cccc(C(=O)CS(=O)(=O)N(C)C)c2)c1. The van der Waals surface area contributed by atoms with E-state index in [1.807, 2.05) is 19.1 Å². The molecule has 0 spiro atoms. The molecule has 0 unspecified atom stereocenters. The molecule has 6 nitrogen and oxygen atoms in total. The Kier molecular flexibility index (Phi) is 5.81. The minimum atomic E-state index is -3.59. The van der Waals surface area contributed by atoms with Crippen LogP contribution in [0, 0.1) is 6.92 Å². The fourth-order valence-electron chi connectivity index (χ4n) is 2.23. The van der Waals surface area contributed by atoms with E-state index in [1.54, 1.807) is 30.3 Å². The summed E-state index contributed by atoms with van der Waals surface area (Å²) < 4.78 is 24.7. The number of nitrogens with one attached hydrogen (secondary N) is 1. The molecule has 0 saturated heterocycles. The standard InChI is InChI=1S/C18H22N2O4S/c1-13-7-8-17(21)15(9-13)11-19-16-6-4-5-14(10-16)18(22)12-25(23,24)20(2)3/h4-10,19,21H,11-12H2,1-3H3. The van der Waals surface area contributed by atoms with Gasteiger partial charge >= 0.3 is 0 Å². The molecular weight excluding hydrogens is 340 g/mol. The summed E-state index contributed by atoms with van der Waals surface area (Å²) in [5, 5.41) is 13.0. The van der Waals surface area contributed by atoms with Gasteiger partial charge in [-0.3, -0.25) is 4.79 Å². The van der Waals surface area contributed by atoms with Gasteiger partial charge in [0.1, 0.15) is 11.5 Å².